The van der Waals surface area contributed by atoms with Gasteiger partial charge in [0.25, 0.3) is 0 Å². The minimum absolute atomic E-state index is 0.0240. The van der Waals surface area contributed by atoms with E-state index in [9.17, 15) is 9.59 Å². The molecule has 3 aromatic carbocycles. The summed E-state index contributed by atoms with van der Waals surface area (Å²) in [5.41, 5.74) is 10.4. The number of carbonyl (C=O) groups is 2. The van der Waals surface area contributed by atoms with E-state index < -0.39 is 0 Å². The third-order valence-corrected chi connectivity index (χ3v) is 7.08. The van der Waals surface area contributed by atoms with Gasteiger partial charge < -0.3 is 21.3 Å². The first-order valence-corrected chi connectivity index (χ1v) is 13.4. The molecule has 2 amide bonds. The van der Waals surface area contributed by atoms with Crippen molar-refractivity contribution < 1.29 is 9.59 Å². The Bertz CT molecular complexity index is 1160. The van der Waals surface area contributed by atoms with Crippen LogP contribution in [0.2, 0.25) is 0 Å². The van der Waals surface area contributed by atoms with E-state index in [-0.39, 0.29) is 29.8 Å². The van der Waals surface area contributed by atoms with E-state index in [4.69, 9.17) is 5.73 Å². The fourth-order valence-electron chi connectivity index (χ4n) is 4.92. The number of nitrogens with one attached hydrogen (secondary N) is 2. The minimum atomic E-state index is -0.375. The number of benzene rings is 3. The van der Waals surface area contributed by atoms with Gasteiger partial charge in [0.2, 0.25) is 11.8 Å². The molecule has 0 aromatic heterocycles. The fourth-order valence-corrected chi connectivity index (χ4v) is 4.92. The highest BCUT2D eigenvalue weighted by atomic mass is 16.2. The number of nitrogens with zero attached hydrogens (tertiary/aromatic N) is 1. The summed E-state index contributed by atoms with van der Waals surface area (Å²) < 4.78 is 0. The number of rotatable bonds is 10. The van der Waals surface area contributed by atoms with Crippen molar-refractivity contribution in [2.45, 2.75) is 37.8 Å². The second kappa shape index (κ2) is 13.7. The average molecular weight is 511 g/mol. The second-order valence-electron chi connectivity index (χ2n) is 9.93. The van der Waals surface area contributed by atoms with Crippen LogP contribution >= 0.6 is 0 Å². The van der Waals surface area contributed by atoms with Crippen LogP contribution in [0.4, 0.5) is 0 Å². The normalized spacial score (nSPS) is 18.1. The van der Waals surface area contributed by atoms with Crippen LogP contribution in [-0.4, -0.2) is 55.0 Å². The zero-order valence-corrected chi connectivity index (χ0v) is 22.1. The van der Waals surface area contributed by atoms with Crippen LogP contribution in [0.1, 0.15) is 41.0 Å². The Morgan fingerprint density at radius 2 is 1.66 bits per heavy atom. The van der Waals surface area contributed by atoms with E-state index in [1.54, 1.807) is 6.08 Å². The molecule has 3 aromatic rings. The molecule has 6 nitrogen and oxygen atoms in total. The molecular formula is C32H38N4O2. The summed E-state index contributed by atoms with van der Waals surface area (Å²) in [6.07, 6.45) is 4.66. The first-order valence-electron chi connectivity index (χ1n) is 13.4. The summed E-state index contributed by atoms with van der Waals surface area (Å²) >= 11 is 0. The van der Waals surface area contributed by atoms with Gasteiger partial charge in [-0.1, -0.05) is 90.5 Å². The minimum Gasteiger partial charge on any atom is -0.351 e. The van der Waals surface area contributed by atoms with Gasteiger partial charge in [0.1, 0.15) is 0 Å². The number of carbonyl (C=O) groups excluding carboxylic acids is 2. The lowest BCUT2D eigenvalue weighted by Gasteiger charge is -2.29. The van der Waals surface area contributed by atoms with Gasteiger partial charge in [-0.15, -0.1) is 0 Å². The monoisotopic (exact) mass is 510 g/mol. The molecule has 198 valence electrons. The molecule has 1 aliphatic rings. The van der Waals surface area contributed by atoms with Gasteiger partial charge in [-0.25, -0.2) is 0 Å². The van der Waals surface area contributed by atoms with Crippen LogP contribution in [0, 0.1) is 6.92 Å². The highest BCUT2D eigenvalue weighted by Gasteiger charge is 2.32. The maximum absolute atomic E-state index is 13.6. The Kier molecular flexibility index (Phi) is 9.84. The number of nitrogens with two attached hydrogens (primary N) is 1. The summed E-state index contributed by atoms with van der Waals surface area (Å²) in [5, 5.41) is 6.47. The SMILES string of the molecule is Cc1ccc(/C=C/C(=O)NC[C@@H]2CCN(CC(c3ccccc3)c3ccccc3)C(=O)[C@H](CCN)N2)cc1. The summed E-state index contributed by atoms with van der Waals surface area (Å²) in [6, 6.07) is 28.3. The molecule has 6 heteroatoms. The molecular weight excluding hydrogens is 472 g/mol. The van der Waals surface area contributed by atoms with Gasteiger partial charge in [-0.3, -0.25) is 9.59 Å². The average Bonchev–Trinajstić information content (AvgIpc) is 3.09. The van der Waals surface area contributed by atoms with Gasteiger partial charge in [0, 0.05) is 37.7 Å². The lowest BCUT2D eigenvalue weighted by molar-refractivity contribution is -0.133. The zero-order chi connectivity index (χ0) is 26.7. The standard InChI is InChI=1S/C32H38N4O2/c1-24-12-14-25(15-13-24)16-17-31(37)34-22-28-19-21-36(32(38)30(35-28)18-20-33)23-29(26-8-4-2-5-9-26)27-10-6-3-7-11-27/h2-17,28-30,35H,18-23,33H2,1H3,(H,34,37)/b17-16+/t28-,30-/m0/s1. The third kappa shape index (κ3) is 7.63. The van der Waals surface area contributed by atoms with Crippen LogP contribution in [0.15, 0.2) is 91.0 Å². The summed E-state index contributed by atoms with van der Waals surface area (Å²) in [5.74, 6) is -0.00755. The number of hydrogen-bond acceptors (Lipinski definition) is 4. The van der Waals surface area contributed by atoms with Crippen molar-refractivity contribution in [1.82, 2.24) is 15.5 Å². The van der Waals surface area contributed by atoms with E-state index in [2.05, 4.69) is 34.9 Å². The van der Waals surface area contributed by atoms with Crippen LogP contribution < -0.4 is 16.4 Å². The maximum Gasteiger partial charge on any atom is 0.244 e. The number of aryl methyl sites for hydroxylation is 1. The molecule has 0 spiro atoms. The molecule has 0 bridgehead atoms. The van der Waals surface area contributed by atoms with E-state index in [1.807, 2.05) is 78.6 Å². The van der Waals surface area contributed by atoms with Crippen molar-refractivity contribution in [3.63, 3.8) is 0 Å². The van der Waals surface area contributed by atoms with E-state index >= 15 is 0 Å². The summed E-state index contributed by atoms with van der Waals surface area (Å²) in [7, 11) is 0. The Balaban J connectivity index is 1.42. The van der Waals surface area contributed by atoms with E-state index in [0.29, 0.717) is 32.6 Å². The van der Waals surface area contributed by atoms with Crippen molar-refractivity contribution in [3.05, 3.63) is 113 Å². The molecule has 2 atom stereocenters. The van der Waals surface area contributed by atoms with Crippen LogP contribution in [0.25, 0.3) is 6.08 Å². The lowest BCUT2D eigenvalue weighted by Crippen LogP contribution is -2.49. The Morgan fingerprint density at radius 3 is 2.26 bits per heavy atom. The first-order chi connectivity index (χ1) is 18.5. The van der Waals surface area contributed by atoms with Crippen molar-refractivity contribution in [2.75, 3.05) is 26.2 Å². The molecule has 0 saturated carbocycles. The number of amides is 2. The number of hydrogen-bond donors (Lipinski definition) is 3. The largest absolute Gasteiger partial charge is 0.351 e. The molecule has 38 heavy (non-hydrogen) atoms. The van der Waals surface area contributed by atoms with Gasteiger partial charge in [0.15, 0.2) is 0 Å². The van der Waals surface area contributed by atoms with Crippen molar-refractivity contribution in [2.24, 2.45) is 5.73 Å². The fraction of sp³-hybridized carbons (Fsp3) is 0.312. The summed E-state index contributed by atoms with van der Waals surface area (Å²) in [6.45, 7) is 4.10. The molecule has 1 fully saturated rings. The maximum atomic E-state index is 13.6. The first kappa shape index (κ1) is 27.3. The molecule has 4 N–H and O–H groups in total. The molecule has 1 saturated heterocycles. The van der Waals surface area contributed by atoms with Gasteiger partial charge >= 0.3 is 0 Å². The highest BCUT2D eigenvalue weighted by Crippen LogP contribution is 2.27. The van der Waals surface area contributed by atoms with Crippen molar-refractivity contribution >= 4 is 17.9 Å². The van der Waals surface area contributed by atoms with Crippen LogP contribution in [-0.2, 0) is 9.59 Å². The zero-order valence-electron chi connectivity index (χ0n) is 22.1. The van der Waals surface area contributed by atoms with Crippen LogP contribution in [0.5, 0.6) is 0 Å². The Morgan fingerprint density at radius 1 is 1.03 bits per heavy atom. The second-order valence-corrected chi connectivity index (χ2v) is 9.93. The van der Waals surface area contributed by atoms with E-state index in [0.717, 1.165) is 12.0 Å². The molecule has 1 heterocycles. The Labute approximate surface area is 225 Å². The smallest absolute Gasteiger partial charge is 0.244 e. The predicted octanol–water partition coefficient (Wildman–Crippen LogP) is 3.86. The van der Waals surface area contributed by atoms with Gasteiger partial charge in [-0.05, 0) is 49.1 Å². The predicted molar refractivity (Wildman–Crippen MR) is 154 cm³/mol. The topological polar surface area (TPSA) is 87.5 Å². The van der Waals surface area contributed by atoms with Gasteiger partial charge in [-0.2, -0.15) is 0 Å². The van der Waals surface area contributed by atoms with Crippen molar-refractivity contribution in [1.29, 1.82) is 0 Å². The van der Waals surface area contributed by atoms with Crippen LogP contribution in [0.3, 0.4) is 0 Å². The van der Waals surface area contributed by atoms with E-state index in [1.165, 1.54) is 16.7 Å². The van der Waals surface area contributed by atoms with Crippen molar-refractivity contribution in [3.8, 4) is 0 Å². The lowest BCUT2D eigenvalue weighted by atomic mass is 9.90. The summed E-state index contributed by atoms with van der Waals surface area (Å²) in [4.78, 5) is 28.1. The highest BCUT2D eigenvalue weighted by molar-refractivity contribution is 5.91. The molecule has 1 aliphatic heterocycles. The Hall–Kier alpha value is -3.74. The van der Waals surface area contributed by atoms with Gasteiger partial charge in [0.05, 0.1) is 6.04 Å². The molecule has 0 radical (unpaired) electrons. The quantitative estimate of drug-likeness (QED) is 0.362. The third-order valence-electron chi connectivity index (χ3n) is 7.08. The molecule has 0 aliphatic carbocycles. The molecule has 4 rings (SSSR count). The molecule has 0 unspecified atom stereocenters.